The van der Waals surface area contributed by atoms with Crippen molar-refractivity contribution in [3.63, 3.8) is 0 Å². The van der Waals surface area contributed by atoms with Crippen LogP contribution >= 0.6 is 24.8 Å². The number of hydrogen-bond acceptors (Lipinski definition) is 6. The summed E-state index contributed by atoms with van der Waals surface area (Å²) in [5.74, 6) is 0.600. The van der Waals surface area contributed by atoms with Crippen molar-refractivity contribution < 1.29 is 14.8 Å². The van der Waals surface area contributed by atoms with Crippen LogP contribution in [0.4, 0.5) is 11.4 Å². The maximum Gasteiger partial charge on any atom is 0.269 e. The first kappa shape index (κ1) is 24.2. The number of nitro groups is 1. The van der Waals surface area contributed by atoms with E-state index in [2.05, 4.69) is 17.0 Å². The van der Waals surface area contributed by atoms with Crippen molar-refractivity contribution in [1.29, 1.82) is 0 Å². The van der Waals surface area contributed by atoms with Crippen LogP contribution in [0.15, 0.2) is 48.5 Å². The van der Waals surface area contributed by atoms with Gasteiger partial charge in [0.2, 0.25) is 0 Å². The lowest BCUT2D eigenvalue weighted by atomic mass is 9.83. The van der Waals surface area contributed by atoms with E-state index in [-0.39, 0.29) is 30.5 Å². The van der Waals surface area contributed by atoms with Crippen molar-refractivity contribution in [2.45, 2.75) is 31.6 Å². The summed E-state index contributed by atoms with van der Waals surface area (Å²) in [6.45, 7) is 6.71. The van der Waals surface area contributed by atoms with Crippen molar-refractivity contribution in [1.82, 2.24) is 4.90 Å². The Morgan fingerprint density at radius 1 is 1.03 bits per heavy atom. The van der Waals surface area contributed by atoms with Crippen LogP contribution in [0.5, 0.6) is 5.75 Å². The molecule has 2 heterocycles. The molecule has 2 aromatic rings. The second-order valence-corrected chi connectivity index (χ2v) is 7.96. The summed E-state index contributed by atoms with van der Waals surface area (Å²) in [5.41, 5.74) is -0.225. The number of aliphatic hydroxyl groups is 1. The number of nitrogens with zero attached hydrogens (tertiary/aromatic N) is 3. The second kappa shape index (κ2) is 8.98. The molecule has 1 unspecified atom stereocenters. The third kappa shape index (κ3) is 4.21. The smallest absolute Gasteiger partial charge is 0.269 e. The molecule has 0 amide bonds. The molecule has 2 aromatic carbocycles. The summed E-state index contributed by atoms with van der Waals surface area (Å²) in [7, 11) is 0. The summed E-state index contributed by atoms with van der Waals surface area (Å²) >= 11 is 0. The first-order chi connectivity index (χ1) is 13.3. The summed E-state index contributed by atoms with van der Waals surface area (Å²) in [6.07, 6.45) is 0.294. The number of para-hydroxylation sites is 1. The fourth-order valence-corrected chi connectivity index (χ4v) is 4.22. The van der Waals surface area contributed by atoms with E-state index in [0.29, 0.717) is 30.8 Å². The van der Waals surface area contributed by atoms with Crippen LogP contribution in [0, 0.1) is 10.1 Å². The molecule has 1 saturated heterocycles. The van der Waals surface area contributed by atoms with Gasteiger partial charge in [-0.1, -0.05) is 18.2 Å². The number of ether oxygens (including phenoxy) is 1. The van der Waals surface area contributed by atoms with Gasteiger partial charge in [-0.05, 0) is 32.0 Å². The Morgan fingerprint density at radius 3 is 2.27 bits per heavy atom. The third-order valence-electron chi connectivity index (χ3n) is 5.95. The molecule has 0 spiro atoms. The van der Waals surface area contributed by atoms with Gasteiger partial charge in [-0.25, -0.2) is 0 Å². The topological polar surface area (TPSA) is 79.1 Å². The molecule has 0 aliphatic carbocycles. The van der Waals surface area contributed by atoms with Crippen LogP contribution in [0.1, 0.15) is 19.4 Å². The first-order valence-electron chi connectivity index (χ1n) is 9.54. The lowest BCUT2D eigenvalue weighted by Crippen LogP contribution is -2.70. The number of nitro benzene ring substituents is 1. The number of fused-ring (bicyclic) bond motifs is 1. The number of non-ortho nitro benzene ring substituents is 1. The molecule has 0 saturated carbocycles. The van der Waals surface area contributed by atoms with Gasteiger partial charge in [0.15, 0.2) is 5.72 Å². The molecule has 1 N–H and O–H groups in total. The van der Waals surface area contributed by atoms with Crippen LogP contribution in [0.3, 0.4) is 0 Å². The average Bonchev–Trinajstić information content (AvgIpc) is 2.69. The van der Waals surface area contributed by atoms with Gasteiger partial charge in [0.25, 0.3) is 5.69 Å². The zero-order valence-corrected chi connectivity index (χ0v) is 18.6. The number of piperazine rings is 1. The average molecular weight is 456 g/mol. The maximum atomic E-state index is 11.7. The van der Waals surface area contributed by atoms with Gasteiger partial charge >= 0.3 is 0 Å². The molecule has 9 heteroatoms. The van der Waals surface area contributed by atoms with E-state index < -0.39 is 16.2 Å². The van der Waals surface area contributed by atoms with Gasteiger partial charge in [-0.2, -0.15) is 0 Å². The van der Waals surface area contributed by atoms with Crippen LogP contribution in [-0.2, 0) is 6.42 Å². The molecule has 30 heavy (non-hydrogen) atoms. The van der Waals surface area contributed by atoms with E-state index in [4.69, 9.17) is 4.74 Å². The molecular weight excluding hydrogens is 429 g/mol. The standard InChI is InChI=1S/C21H25N3O4.2ClH/c1-20(2)21(25,15-16-14-18(24(26)27)8-9-19(16)28-20)23-12-10-22(11-13-23)17-6-4-3-5-7-17;;/h3-9,14,25H,10-13,15H2,1-2H3;2*1H. The van der Waals surface area contributed by atoms with Gasteiger partial charge in [-0.15, -0.1) is 24.8 Å². The minimum absolute atomic E-state index is 0. The number of halogens is 2. The van der Waals surface area contributed by atoms with Gasteiger partial charge in [0.1, 0.15) is 11.4 Å². The number of hydrogen-bond donors (Lipinski definition) is 1. The summed E-state index contributed by atoms with van der Waals surface area (Å²) in [5, 5.41) is 22.8. The predicted molar refractivity (Wildman–Crippen MR) is 121 cm³/mol. The fraction of sp³-hybridized carbons (Fsp3) is 0.429. The highest BCUT2D eigenvalue weighted by Crippen LogP contribution is 2.43. The molecule has 1 fully saturated rings. The van der Waals surface area contributed by atoms with Crippen molar-refractivity contribution in [2.75, 3.05) is 31.1 Å². The molecule has 7 nitrogen and oxygen atoms in total. The Kier molecular flexibility index (Phi) is 7.24. The Morgan fingerprint density at radius 2 is 1.67 bits per heavy atom. The van der Waals surface area contributed by atoms with Gasteiger partial charge in [0.05, 0.1) is 4.92 Å². The van der Waals surface area contributed by atoms with Crippen LogP contribution in [-0.4, -0.2) is 52.4 Å². The van der Waals surface area contributed by atoms with Crippen LogP contribution < -0.4 is 9.64 Å². The molecule has 0 bridgehead atoms. The summed E-state index contributed by atoms with van der Waals surface area (Å²) in [6, 6.07) is 14.8. The lowest BCUT2D eigenvalue weighted by Gasteiger charge is -2.54. The normalized spacial score (nSPS) is 22.7. The zero-order chi connectivity index (χ0) is 19.9. The van der Waals surface area contributed by atoms with E-state index in [1.807, 2.05) is 36.9 Å². The zero-order valence-electron chi connectivity index (χ0n) is 17.0. The summed E-state index contributed by atoms with van der Waals surface area (Å²) in [4.78, 5) is 15.1. The van der Waals surface area contributed by atoms with Crippen molar-refractivity contribution in [3.05, 3.63) is 64.2 Å². The molecule has 2 aliphatic rings. The molecule has 0 radical (unpaired) electrons. The van der Waals surface area contributed by atoms with Crippen LogP contribution in [0.2, 0.25) is 0 Å². The highest BCUT2D eigenvalue weighted by Gasteiger charge is 2.53. The van der Waals surface area contributed by atoms with E-state index in [1.165, 1.54) is 17.8 Å². The monoisotopic (exact) mass is 455 g/mol. The van der Waals surface area contributed by atoms with Crippen LogP contribution in [0.25, 0.3) is 0 Å². The van der Waals surface area contributed by atoms with Gasteiger partial charge < -0.3 is 14.7 Å². The second-order valence-electron chi connectivity index (χ2n) is 7.96. The Labute approximate surface area is 188 Å². The molecule has 4 rings (SSSR count). The third-order valence-corrected chi connectivity index (χ3v) is 5.95. The molecule has 2 aliphatic heterocycles. The van der Waals surface area contributed by atoms with E-state index >= 15 is 0 Å². The SMILES string of the molecule is CC1(C)Oc2ccc([N+](=O)[O-])cc2CC1(O)N1CCN(c2ccccc2)CC1.Cl.Cl. The fourth-order valence-electron chi connectivity index (χ4n) is 4.22. The quantitative estimate of drug-likeness (QED) is 0.561. The van der Waals surface area contributed by atoms with Crippen molar-refractivity contribution >= 4 is 36.2 Å². The Hall–Kier alpha value is -2.06. The highest BCUT2D eigenvalue weighted by atomic mass is 35.5. The number of rotatable bonds is 3. The molecule has 1 atom stereocenters. The van der Waals surface area contributed by atoms with E-state index in [0.717, 1.165) is 13.1 Å². The first-order valence-corrected chi connectivity index (χ1v) is 9.54. The van der Waals surface area contributed by atoms with E-state index in [9.17, 15) is 15.2 Å². The number of benzene rings is 2. The molecule has 164 valence electrons. The minimum atomic E-state index is -1.24. The minimum Gasteiger partial charge on any atom is -0.483 e. The van der Waals surface area contributed by atoms with E-state index in [1.54, 1.807) is 6.07 Å². The van der Waals surface area contributed by atoms with Crippen molar-refractivity contribution in [2.24, 2.45) is 0 Å². The Bertz CT molecular complexity index is 889. The number of anilines is 1. The maximum absolute atomic E-state index is 11.7. The molecule has 0 aromatic heterocycles. The largest absolute Gasteiger partial charge is 0.483 e. The van der Waals surface area contributed by atoms with Gasteiger partial charge in [0, 0.05) is 56.0 Å². The van der Waals surface area contributed by atoms with Crippen molar-refractivity contribution in [3.8, 4) is 5.75 Å². The Balaban J connectivity index is 0.00000160. The molecular formula is C21H27Cl2N3O4. The highest BCUT2D eigenvalue weighted by molar-refractivity contribution is 5.85. The summed E-state index contributed by atoms with van der Waals surface area (Å²) < 4.78 is 6.11. The van der Waals surface area contributed by atoms with Gasteiger partial charge in [-0.3, -0.25) is 15.0 Å². The lowest BCUT2D eigenvalue weighted by molar-refractivity contribution is -0.385. The predicted octanol–water partition coefficient (Wildman–Crippen LogP) is 3.66.